The number of anilines is 1. The maximum atomic E-state index is 12.6. The molecule has 1 fully saturated rings. The first kappa shape index (κ1) is 32.7. The molecule has 4 aromatic rings. The molecule has 0 atom stereocenters. The molecule has 234 valence electrons. The summed E-state index contributed by atoms with van der Waals surface area (Å²) in [5.74, 6) is 0.810. The maximum absolute atomic E-state index is 12.6. The van der Waals surface area contributed by atoms with Crippen molar-refractivity contribution in [3.8, 4) is 12.8 Å². The van der Waals surface area contributed by atoms with Crippen LogP contribution in [0.15, 0.2) is 85.3 Å². The molecular formula is C36H43N7O2. The summed E-state index contributed by atoms with van der Waals surface area (Å²) in [6.45, 7) is 11.1. The molecule has 9 nitrogen and oxygen atoms in total. The first-order chi connectivity index (χ1) is 21.8. The molecule has 6 rings (SSSR count). The van der Waals surface area contributed by atoms with Gasteiger partial charge in [0.05, 0.1) is 24.1 Å². The third kappa shape index (κ3) is 8.45. The SMILES string of the molecule is C#C.C=C1Nc2ccccc2CN1C1CCN(C(=O)NCC(=O)N(C)Cc2ccccc2)CC1.Cc1cc(C)c2[nH]ncc2c1. The van der Waals surface area contributed by atoms with Crippen LogP contribution in [0, 0.1) is 26.7 Å². The minimum absolute atomic E-state index is 0.00568. The van der Waals surface area contributed by atoms with E-state index in [1.54, 1.807) is 16.8 Å². The highest BCUT2D eigenvalue weighted by molar-refractivity contribution is 5.84. The van der Waals surface area contributed by atoms with Crippen LogP contribution in [-0.2, 0) is 17.9 Å². The number of benzene rings is 3. The number of carbonyl (C=O) groups excluding carboxylic acids is 2. The summed E-state index contributed by atoms with van der Waals surface area (Å²) in [5.41, 5.74) is 7.14. The molecule has 0 unspecified atom stereocenters. The summed E-state index contributed by atoms with van der Waals surface area (Å²) in [6.07, 6.45) is 11.6. The highest BCUT2D eigenvalue weighted by Crippen LogP contribution is 2.30. The first-order valence-electron chi connectivity index (χ1n) is 15.1. The zero-order valence-corrected chi connectivity index (χ0v) is 26.4. The Labute approximate surface area is 266 Å². The fraction of sp³-hybridized carbons (Fsp3) is 0.306. The van der Waals surface area contributed by atoms with Gasteiger partial charge in [-0.05, 0) is 55.5 Å². The monoisotopic (exact) mass is 605 g/mol. The van der Waals surface area contributed by atoms with Gasteiger partial charge >= 0.3 is 6.03 Å². The highest BCUT2D eigenvalue weighted by atomic mass is 16.2. The summed E-state index contributed by atoms with van der Waals surface area (Å²) in [6, 6.07) is 22.6. The lowest BCUT2D eigenvalue weighted by molar-refractivity contribution is -0.129. The average Bonchev–Trinajstić information content (AvgIpc) is 3.54. The predicted molar refractivity (Wildman–Crippen MR) is 181 cm³/mol. The van der Waals surface area contributed by atoms with Crippen LogP contribution < -0.4 is 10.6 Å². The number of urea groups is 1. The molecule has 0 aliphatic carbocycles. The first-order valence-corrected chi connectivity index (χ1v) is 15.1. The van der Waals surface area contributed by atoms with Crippen LogP contribution in [0.3, 0.4) is 0 Å². The van der Waals surface area contributed by atoms with Gasteiger partial charge in [-0.2, -0.15) is 5.10 Å². The molecule has 3 N–H and O–H groups in total. The summed E-state index contributed by atoms with van der Waals surface area (Å²) >= 11 is 0. The number of carbonyl (C=O) groups is 2. The van der Waals surface area contributed by atoms with Crippen molar-refractivity contribution in [1.82, 2.24) is 30.2 Å². The summed E-state index contributed by atoms with van der Waals surface area (Å²) in [5, 5.41) is 14.3. The number of piperidine rings is 1. The van der Waals surface area contributed by atoms with Gasteiger partial charge in [0.1, 0.15) is 0 Å². The number of hydrogen-bond donors (Lipinski definition) is 3. The Morgan fingerprint density at radius 2 is 1.73 bits per heavy atom. The Morgan fingerprint density at radius 1 is 1.04 bits per heavy atom. The van der Waals surface area contributed by atoms with E-state index >= 15 is 0 Å². The second-order valence-corrected chi connectivity index (χ2v) is 11.4. The zero-order chi connectivity index (χ0) is 32.3. The molecule has 1 aromatic heterocycles. The highest BCUT2D eigenvalue weighted by Gasteiger charge is 2.30. The fourth-order valence-corrected chi connectivity index (χ4v) is 5.78. The topological polar surface area (TPSA) is 96.6 Å². The quantitative estimate of drug-likeness (QED) is 0.256. The standard InChI is InChI=1S/C25H31N5O2.C9H10N2.C2H2/c1-19-27-23-11-7-6-10-21(23)18-30(19)22-12-14-29(15-13-22)25(32)26-16-24(31)28(2)17-20-8-4-3-5-9-20;1-6-3-7(2)9-8(4-6)5-10-11-9;1-2/h3-11,22,27H,1,12-18H2,2H3,(H,26,32);3-5H,1-2H3,(H,10,11);1-2H. The van der Waals surface area contributed by atoms with Crippen LogP contribution in [0.4, 0.5) is 10.5 Å². The second-order valence-electron chi connectivity index (χ2n) is 11.4. The molecular weight excluding hydrogens is 562 g/mol. The Bertz CT molecular complexity index is 1620. The third-order valence-electron chi connectivity index (χ3n) is 8.15. The normalized spacial score (nSPS) is 14.2. The number of nitrogens with zero attached hydrogens (tertiary/aromatic N) is 4. The molecule has 3 amide bonds. The van der Waals surface area contributed by atoms with Crippen molar-refractivity contribution in [2.45, 2.75) is 45.8 Å². The minimum atomic E-state index is -0.175. The molecule has 45 heavy (non-hydrogen) atoms. The Hall–Kier alpha value is -5.23. The van der Waals surface area contributed by atoms with Crippen molar-refractivity contribution in [2.24, 2.45) is 0 Å². The molecule has 0 spiro atoms. The van der Waals surface area contributed by atoms with Gasteiger partial charge in [0.15, 0.2) is 0 Å². The number of likely N-dealkylation sites (N-methyl/N-ethyl adjacent to an activating group) is 1. The van der Waals surface area contributed by atoms with Crippen molar-refractivity contribution in [2.75, 3.05) is 32.0 Å². The predicted octanol–water partition coefficient (Wildman–Crippen LogP) is 5.65. The summed E-state index contributed by atoms with van der Waals surface area (Å²) in [7, 11) is 1.75. The van der Waals surface area contributed by atoms with E-state index in [4.69, 9.17) is 0 Å². The number of aryl methyl sites for hydroxylation is 2. The number of fused-ring (bicyclic) bond motifs is 2. The molecule has 0 radical (unpaired) electrons. The maximum Gasteiger partial charge on any atom is 0.317 e. The van der Waals surface area contributed by atoms with Gasteiger partial charge in [0.2, 0.25) is 5.91 Å². The average molecular weight is 606 g/mol. The van der Waals surface area contributed by atoms with E-state index in [0.29, 0.717) is 25.7 Å². The number of rotatable bonds is 5. The van der Waals surface area contributed by atoms with E-state index < -0.39 is 0 Å². The number of aromatic amines is 1. The van der Waals surface area contributed by atoms with Crippen molar-refractivity contribution < 1.29 is 9.59 Å². The number of terminal acetylenes is 1. The van der Waals surface area contributed by atoms with Gasteiger partial charge in [0.25, 0.3) is 0 Å². The van der Waals surface area contributed by atoms with Crippen molar-refractivity contribution in [3.05, 3.63) is 108 Å². The molecule has 0 bridgehead atoms. The number of H-pyrrole nitrogens is 1. The van der Waals surface area contributed by atoms with Crippen LogP contribution in [-0.4, -0.2) is 69.6 Å². The van der Waals surface area contributed by atoms with Gasteiger partial charge in [-0.3, -0.25) is 9.89 Å². The minimum Gasteiger partial charge on any atom is -0.351 e. The number of aromatic nitrogens is 2. The lowest BCUT2D eigenvalue weighted by Gasteiger charge is -2.43. The van der Waals surface area contributed by atoms with Crippen molar-refractivity contribution in [3.63, 3.8) is 0 Å². The molecule has 0 saturated carbocycles. The largest absolute Gasteiger partial charge is 0.351 e. The van der Waals surface area contributed by atoms with Gasteiger partial charge in [0, 0.05) is 50.3 Å². The fourth-order valence-electron chi connectivity index (χ4n) is 5.78. The van der Waals surface area contributed by atoms with E-state index in [2.05, 4.69) is 89.3 Å². The van der Waals surface area contributed by atoms with E-state index in [1.165, 1.54) is 22.1 Å². The van der Waals surface area contributed by atoms with E-state index in [9.17, 15) is 9.59 Å². The second kappa shape index (κ2) is 15.5. The number of amides is 3. The molecule has 2 aliphatic heterocycles. The Kier molecular flexibility index (Phi) is 11.2. The van der Waals surface area contributed by atoms with Gasteiger partial charge in [-0.25, -0.2) is 4.79 Å². The van der Waals surface area contributed by atoms with Crippen LogP contribution in [0.2, 0.25) is 0 Å². The number of likely N-dealkylation sites (tertiary alicyclic amines) is 1. The van der Waals surface area contributed by atoms with E-state index in [0.717, 1.165) is 42.0 Å². The van der Waals surface area contributed by atoms with Crippen LogP contribution in [0.1, 0.15) is 35.1 Å². The molecule has 3 heterocycles. The molecule has 2 aliphatic rings. The smallest absolute Gasteiger partial charge is 0.317 e. The number of hydrogen-bond acceptors (Lipinski definition) is 5. The lowest BCUT2D eigenvalue weighted by Crippen LogP contribution is -2.51. The number of nitrogens with one attached hydrogen (secondary N) is 3. The zero-order valence-electron chi connectivity index (χ0n) is 26.4. The van der Waals surface area contributed by atoms with Crippen molar-refractivity contribution >= 4 is 28.5 Å². The summed E-state index contributed by atoms with van der Waals surface area (Å²) in [4.78, 5) is 30.7. The van der Waals surface area contributed by atoms with E-state index in [1.807, 2.05) is 42.6 Å². The molecule has 1 saturated heterocycles. The Morgan fingerprint density at radius 3 is 2.47 bits per heavy atom. The van der Waals surface area contributed by atoms with Gasteiger partial charge in [-0.1, -0.05) is 66.7 Å². The molecule has 9 heteroatoms. The Balaban J connectivity index is 0.000000295. The van der Waals surface area contributed by atoms with Crippen molar-refractivity contribution in [1.29, 1.82) is 0 Å². The van der Waals surface area contributed by atoms with Crippen LogP contribution in [0.5, 0.6) is 0 Å². The van der Waals surface area contributed by atoms with Gasteiger partial charge < -0.3 is 25.3 Å². The van der Waals surface area contributed by atoms with Gasteiger partial charge in [-0.15, -0.1) is 12.8 Å². The third-order valence-corrected chi connectivity index (χ3v) is 8.15. The van der Waals surface area contributed by atoms with Crippen LogP contribution >= 0.6 is 0 Å². The number of para-hydroxylation sites is 1. The van der Waals surface area contributed by atoms with E-state index in [-0.39, 0.29) is 18.5 Å². The lowest BCUT2D eigenvalue weighted by atomic mass is 10.0. The molecule has 3 aromatic carbocycles. The summed E-state index contributed by atoms with van der Waals surface area (Å²) < 4.78 is 0. The van der Waals surface area contributed by atoms with Crippen LogP contribution in [0.25, 0.3) is 10.9 Å².